The van der Waals surface area contributed by atoms with Crippen LogP contribution in [0.1, 0.15) is 15.1 Å². The number of hydrogen-bond donors (Lipinski definition) is 0. The van der Waals surface area contributed by atoms with Crippen molar-refractivity contribution >= 4 is 54.3 Å². The molecular formula is C48H30O. The van der Waals surface area contributed by atoms with Gasteiger partial charge in [-0.2, -0.15) is 0 Å². The molecule has 9 aromatic carbocycles. The number of furan rings is 1. The molecule has 0 N–H and O–H groups in total. The maximum Gasteiger partial charge on any atom is 0.136 e. The van der Waals surface area contributed by atoms with Gasteiger partial charge in [0.1, 0.15) is 11.2 Å². The van der Waals surface area contributed by atoms with E-state index in [0.29, 0.717) is 5.56 Å². The van der Waals surface area contributed by atoms with E-state index in [0.717, 1.165) is 54.6 Å². The fourth-order valence-corrected chi connectivity index (χ4v) is 7.14. The average molecular weight is 634 g/mol. The Hall–Kier alpha value is -6.44. The summed E-state index contributed by atoms with van der Waals surface area (Å²) in [6.45, 7) is 0. The molecule has 0 atom stereocenters. The first-order valence-electron chi connectivity index (χ1n) is 21.5. The number of hydrogen-bond acceptors (Lipinski definition) is 1. The molecule has 1 nitrogen and oxygen atoms in total. The summed E-state index contributed by atoms with van der Waals surface area (Å²) in [5, 5.41) is 5.52. The number of rotatable bonds is 4. The molecule has 0 saturated carbocycles. The molecule has 10 rings (SSSR count). The SMILES string of the molecule is [2H]c1c([2H])c([2H])c(-c2c([2H])c([2H])c3c(oc4c([2H])c([2H])c([2H])c(-c5c6ccccc6c(-c6ccc(-c7cccc8ccccc78)cc6)c6ccccc56)c43)c2[2H])c([2H])c1[2H]. The lowest BCUT2D eigenvalue weighted by atomic mass is 9.84. The van der Waals surface area contributed by atoms with Crippen LogP contribution in [0, 0.1) is 0 Å². The quantitative estimate of drug-likeness (QED) is 0.176. The molecule has 1 heterocycles. The van der Waals surface area contributed by atoms with Gasteiger partial charge in [-0.25, -0.2) is 0 Å². The van der Waals surface area contributed by atoms with E-state index in [-0.39, 0.29) is 39.1 Å². The summed E-state index contributed by atoms with van der Waals surface area (Å²) in [5.74, 6) is 0. The van der Waals surface area contributed by atoms with Crippen molar-refractivity contribution in [1.82, 2.24) is 0 Å². The molecule has 0 aliphatic carbocycles. The van der Waals surface area contributed by atoms with E-state index in [1.807, 2.05) is 60.7 Å². The van der Waals surface area contributed by atoms with E-state index >= 15 is 0 Å². The molecular weight excluding hydrogens is 593 g/mol. The van der Waals surface area contributed by atoms with Crippen LogP contribution in [0.15, 0.2) is 186 Å². The fourth-order valence-electron chi connectivity index (χ4n) is 7.14. The van der Waals surface area contributed by atoms with Gasteiger partial charge in [0.05, 0.1) is 15.1 Å². The molecule has 1 heteroatoms. The molecule has 0 bridgehead atoms. The maximum atomic E-state index is 9.47. The van der Waals surface area contributed by atoms with E-state index in [4.69, 9.17) is 15.4 Å². The molecule has 0 unspecified atom stereocenters. The van der Waals surface area contributed by atoms with Gasteiger partial charge >= 0.3 is 0 Å². The first-order valence-corrected chi connectivity index (χ1v) is 16.0. The van der Waals surface area contributed by atoms with Crippen molar-refractivity contribution in [2.75, 3.05) is 0 Å². The predicted molar refractivity (Wildman–Crippen MR) is 208 cm³/mol. The molecule has 0 aliphatic rings. The van der Waals surface area contributed by atoms with E-state index in [1.165, 1.54) is 0 Å². The highest BCUT2D eigenvalue weighted by Crippen LogP contribution is 2.47. The zero-order chi connectivity index (χ0) is 41.9. The summed E-state index contributed by atoms with van der Waals surface area (Å²) in [5.41, 5.74) is 3.60. The van der Waals surface area contributed by atoms with Crippen molar-refractivity contribution < 1.29 is 19.5 Å². The van der Waals surface area contributed by atoms with Crippen molar-refractivity contribution in [2.45, 2.75) is 0 Å². The minimum absolute atomic E-state index is 0.0469. The van der Waals surface area contributed by atoms with Crippen LogP contribution in [0.2, 0.25) is 0 Å². The molecule has 1 aromatic heterocycles. The Balaban J connectivity index is 1.28. The normalized spacial score (nSPS) is 14.8. The van der Waals surface area contributed by atoms with E-state index in [9.17, 15) is 4.11 Å². The minimum Gasteiger partial charge on any atom is -0.456 e. The zero-order valence-electron chi connectivity index (χ0n) is 36.9. The Labute approximate surface area is 299 Å². The van der Waals surface area contributed by atoms with Crippen LogP contribution in [0.3, 0.4) is 0 Å². The Morgan fingerprint density at radius 3 is 1.73 bits per heavy atom. The van der Waals surface area contributed by atoms with Gasteiger partial charge < -0.3 is 4.42 Å². The number of fused-ring (bicyclic) bond motifs is 6. The van der Waals surface area contributed by atoms with E-state index < -0.39 is 66.0 Å². The van der Waals surface area contributed by atoms with Crippen LogP contribution < -0.4 is 0 Å². The third-order valence-electron chi connectivity index (χ3n) is 9.28. The highest BCUT2D eigenvalue weighted by Gasteiger charge is 2.20. The minimum atomic E-state index is -0.655. The van der Waals surface area contributed by atoms with Crippen LogP contribution in [-0.2, 0) is 0 Å². The van der Waals surface area contributed by atoms with Gasteiger partial charge in [0.25, 0.3) is 0 Å². The standard InChI is InChI=1S/C48H30O/c1-2-12-31(13-3-1)35-28-29-42-45(30-35)49-44-23-11-22-43(48(42)44)47-40-19-8-6-17-38(40)46(39-18-7-9-20-41(39)47)34-26-24-33(25-27-34)37-21-10-15-32-14-4-5-16-36(32)37/h1-30H/i1D,2D,3D,11D,12D,13D,22D,23D,28D,29D,30D. The first kappa shape index (κ1) is 18.8. The molecule has 10 aromatic rings. The molecule has 0 radical (unpaired) electrons. The van der Waals surface area contributed by atoms with Crippen molar-refractivity contribution in [3.05, 3.63) is 182 Å². The maximum absolute atomic E-state index is 9.47. The Bertz CT molecular complexity index is 3410. The Morgan fingerprint density at radius 1 is 0.367 bits per heavy atom. The highest BCUT2D eigenvalue weighted by atomic mass is 16.3. The van der Waals surface area contributed by atoms with E-state index in [2.05, 4.69) is 54.6 Å². The summed E-state index contributed by atoms with van der Waals surface area (Å²) < 4.78 is 103. The third kappa shape index (κ3) is 4.40. The molecule has 0 spiro atoms. The lowest BCUT2D eigenvalue weighted by Gasteiger charge is -2.18. The van der Waals surface area contributed by atoms with Crippen molar-refractivity contribution in [3.63, 3.8) is 0 Å². The first-order chi connectivity index (χ1) is 28.9. The van der Waals surface area contributed by atoms with Gasteiger partial charge in [-0.3, -0.25) is 0 Å². The summed E-state index contributed by atoms with van der Waals surface area (Å²) in [7, 11) is 0. The second-order valence-electron chi connectivity index (χ2n) is 12.0. The summed E-state index contributed by atoms with van der Waals surface area (Å²) in [6, 6.07) is 32.5. The van der Waals surface area contributed by atoms with Gasteiger partial charge in [0.2, 0.25) is 0 Å². The molecule has 0 fully saturated rings. The van der Waals surface area contributed by atoms with Crippen molar-refractivity contribution in [3.8, 4) is 44.5 Å². The monoisotopic (exact) mass is 633 g/mol. The lowest BCUT2D eigenvalue weighted by Crippen LogP contribution is -1.91. The summed E-state index contributed by atoms with van der Waals surface area (Å²) in [6.07, 6.45) is 0. The van der Waals surface area contributed by atoms with Crippen LogP contribution >= 0.6 is 0 Å². The van der Waals surface area contributed by atoms with Crippen LogP contribution in [0.25, 0.3) is 98.8 Å². The van der Waals surface area contributed by atoms with Gasteiger partial charge in [0, 0.05) is 10.8 Å². The number of benzene rings is 9. The highest BCUT2D eigenvalue weighted by molar-refractivity contribution is 6.25. The van der Waals surface area contributed by atoms with Crippen molar-refractivity contribution in [1.29, 1.82) is 0 Å². The van der Waals surface area contributed by atoms with Crippen LogP contribution in [-0.4, -0.2) is 0 Å². The van der Waals surface area contributed by atoms with Crippen LogP contribution in [0.4, 0.5) is 0 Å². The van der Waals surface area contributed by atoms with Crippen LogP contribution in [0.5, 0.6) is 0 Å². The second-order valence-corrected chi connectivity index (χ2v) is 12.0. The predicted octanol–water partition coefficient (Wildman–Crippen LogP) is 13.7. The Kier molecular flexibility index (Phi) is 4.25. The van der Waals surface area contributed by atoms with Crippen molar-refractivity contribution in [2.24, 2.45) is 0 Å². The summed E-state index contributed by atoms with van der Waals surface area (Å²) >= 11 is 0. The zero-order valence-corrected chi connectivity index (χ0v) is 25.9. The topological polar surface area (TPSA) is 13.1 Å². The van der Waals surface area contributed by atoms with Gasteiger partial charge in [-0.05, 0) is 95.0 Å². The molecule has 0 aliphatic heterocycles. The molecule has 0 saturated heterocycles. The Morgan fingerprint density at radius 2 is 1.00 bits per heavy atom. The van der Waals surface area contributed by atoms with Gasteiger partial charge in [-0.1, -0.05) is 164 Å². The van der Waals surface area contributed by atoms with Gasteiger partial charge in [-0.15, -0.1) is 0 Å². The van der Waals surface area contributed by atoms with E-state index in [1.54, 1.807) is 0 Å². The second kappa shape index (κ2) is 11.1. The fraction of sp³-hybridized carbons (Fsp3) is 0. The summed E-state index contributed by atoms with van der Waals surface area (Å²) in [4.78, 5) is 0. The lowest BCUT2D eigenvalue weighted by molar-refractivity contribution is 0.669. The smallest absolute Gasteiger partial charge is 0.136 e. The molecule has 0 amide bonds. The van der Waals surface area contributed by atoms with Gasteiger partial charge in [0.15, 0.2) is 0 Å². The molecule has 49 heavy (non-hydrogen) atoms. The average Bonchev–Trinajstić information content (AvgIpc) is 3.68. The molecule has 228 valence electrons. The third-order valence-corrected chi connectivity index (χ3v) is 9.28. The largest absolute Gasteiger partial charge is 0.456 e.